The first-order valence-electron chi connectivity index (χ1n) is 15.4. The van der Waals surface area contributed by atoms with Crippen molar-refractivity contribution in [3.63, 3.8) is 0 Å². The number of ether oxygens (including phenoxy) is 1. The van der Waals surface area contributed by atoms with Crippen molar-refractivity contribution in [1.29, 1.82) is 0 Å². The van der Waals surface area contributed by atoms with Crippen LogP contribution in [0.4, 0.5) is 0 Å². The molecule has 0 aromatic carbocycles. The van der Waals surface area contributed by atoms with E-state index in [1.165, 1.54) is 43.7 Å². The molecule has 8 heteroatoms. The van der Waals surface area contributed by atoms with Gasteiger partial charge >= 0.3 is 5.63 Å². The molecule has 0 spiro atoms. The van der Waals surface area contributed by atoms with E-state index in [9.17, 15) is 30.3 Å². The molecule has 3 unspecified atom stereocenters. The Labute approximate surface area is 251 Å². The summed E-state index contributed by atoms with van der Waals surface area (Å²) >= 11 is 0. The lowest BCUT2D eigenvalue weighted by Crippen LogP contribution is -2.46. The highest BCUT2D eigenvalue weighted by atomic mass is 16.5. The molecular weight excluding hydrogens is 536 g/mol. The van der Waals surface area contributed by atoms with Gasteiger partial charge in [0.1, 0.15) is 29.3 Å². The first kappa shape index (κ1) is 36.0. The summed E-state index contributed by atoms with van der Waals surface area (Å²) in [6.07, 6.45) is 9.45. The second-order valence-corrected chi connectivity index (χ2v) is 12.8. The molecular formula is C34H54O8. The third kappa shape index (κ3) is 10.2. The van der Waals surface area contributed by atoms with Gasteiger partial charge in [-0.15, -0.1) is 0 Å². The zero-order valence-corrected chi connectivity index (χ0v) is 26.5. The van der Waals surface area contributed by atoms with Crippen LogP contribution in [0.25, 0.3) is 0 Å². The number of aliphatic hydroxyl groups is 4. The fourth-order valence-corrected chi connectivity index (χ4v) is 5.62. The molecule has 42 heavy (non-hydrogen) atoms. The highest BCUT2D eigenvalue weighted by molar-refractivity contribution is 5.36. The van der Waals surface area contributed by atoms with E-state index in [1.807, 2.05) is 13.0 Å². The minimum Gasteiger partial charge on any atom is -0.507 e. The van der Waals surface area contributed by atoms with Gasteiger partial charge in [0.25, 0.3) is 0 Å². The third-order valence-corrected chi connectivity index (χ3v) is 8.21. The van der Waals surface area contributed by atoms with Crippen LogP contribution in [0, 0.1) is 11.8 Å². The molecule has 238 valence electrons. The average molecular weight is 591 g/mol. The number of allylic oxidation sites excluding steroid dienone is 5. The molecule has 0 radical (unpaired) electrons. The number of rotatable bonds is 15. The largest absolute Gasteiger partial charge is 0.507 e. The van der Waals surface area contributed by atoms with E-state index in [4.69, 9.17) is 9.15 Å². The highest BCUT2D eigenvalue weighted by Gasteiger charge is 2.41. The van der Waals surface area contributed by atoms with Crippen molar-refractivity contribution in [1.82, 2.24) is 0 Å². The number of aromatic hydroxyl groups is 1. The summed E-state index contributed by atoms with van der Waals surface area (Å²) in [4.78, 5) is 12.9. The molecule has 1 aromatic rings. The lowest BCUT2D eigenvalue weighted by atomic mass is 9.82. The van der Waals surface area contributed by atoms with Crippen LogP contribution in [0.5, 0.6) is 5.75 Å². The summed E-state index contributed by atoms with van der Waals surface area (Å²) in [6.45, 7) is 13.8. The van der Waals surface area contributed by atoms with Crippen LogP contribution in [-0.2, 0) is 10.2 Å². The van der Waals surface area contributed by atoms with Crippen molar-refractivity contribution in [3.05, 3.63) is 63.3 Å². The van der Waals surface area contributed by atoms with E-state index in [0.717, 1.165) is 12.0 Å². The van der Waals surface area contributed by atoms with Gasteiger partial charge in [-0.2, -0.15) is 0 Å². The van der Waals surface area contributed by atoms with Crippen LogP contribution in [-0.4, -0.2) is 56.6 Å². The van der Waals surface area contributed by atoms with Crippen molar-refractivity contribution < 1.29 is 34.7 Å². The molecule has 0 amide bonds. The van der Waals surface area contributed by atoms with Gasteiger partial charge in [0.2, 0.25) is 0 Å². The molecule has 2 heterocycles. The molecule has 7 atom stereocenters. The molecule has 0 aliphatic carbocycles. The smallest absolute Gasteiger partial charge is 0.345 e. The Morgan fingerprint density at radius 3 is 2.45 bits per heavy atom. The summed E-state index contributed by atoms with van der Waals surface area (Å²) < 4.78 is 11.0. The Hall–Kier alpha value is -2.23. The molecule has 8 nitrogen and oxygen atoms in total. The first-order chi connectivity index (χ1) is 19.7. The van der Waals surface area contributed by atoms with Crippen molar-refractivity contribution in [2.24, 2.45) is 11.8 Å². The number of aliphatic hydroxyl groups excluding tert-OH is 4. The van der Waals surface area contributed by atoms with E-state index in [1.54, 1.807) is 19.9 Å². The SMILES string of the molecule is CCCCCCC(C)CC(C)=CC(C)C=C(C)C=CC(O)C(C)(C)c1cc(O)c([C@H]2O[C@@H](CO)C[C@@H](O)[C@@H]2O)c(=O)o1. The summed E-state index contributed by atoms with van der Waals surface area (Å²) in [7, 11) is 0. The summed E-state index contributed by atoms with van der Waals surface area (Å²) in [5.74, 6) is 0.469. The molecule has 0 bridgehead atoms. The zero-order chi connectivity index (χ0) is 31.6. The fourth-order valence-electron chi connectivity index (χ4n) is 5.62. The molecule has 1 aliphatic rings. The molecule has 1 aromatic heterocycles. The standard InChI is InChI=1S/C34H54O8/c1-8-9-10-11-12-21(2)15-23(4)17-24(5)16-22(3)13-14-28(38)34(6,7)29-19-26(36)30(33(40)42-29)32-31(39)27(37)18-25(20-35)41-32/h13-14,16-17,19,21,24-25,27-28,31-32,35-39H,8-12,15,18,20H2,1-7H3/t21?,24?,25-,27-,28?,31+,32-/m1/s1. The van der Waals surface area contributed by atoms with Gasteiger partial charge in [-0.3, -0.25) is 0 Å². The van der Waals surface area contributed by atoms with Crippen molar-refractivity contribution in [2.45, 2.75) is 129 Å². The van der Waals surface area contributed by atoms with Crippen LogP contribution in [0.1, 0.15) is 111 Å². The maximum Gasteiger partial charge on any atom is 0.345 e. The van der Waals surface area contributed by atoms with E-state index in [-0.39, 0.29) is 23.7 Å². The molecule has 5 N–H and O–H groups in total. The molecule has 1 saturated heterocycles. The number of hydrogen-bond acceptors (Lipinski definition) is 8. The van der Waals surface area contributed by atoms with Crippen LogP contribution < -0.4 is 5.63 Å². The van der Waals surface area contributed by atoms with Gasteiger partial charge in [0.05, 0.1) is 30.3 Å². The lowest BCUT2D eigenvalue weighted by Gasteiger charge is -2.36. The lowest BCUT2D eigenvalue weighted by molar-refractivity contribution is -0.180. The second kappa shape index (κ2) is 16.6. The third-order valence-electron chi connectivity index (χ3n) is 8.21. The Balaban J connectivity index is 2.10. The van der Waals surface area contributed by atoms with Gasteiger partial charge in [-0.05, 0) is 46.0 Å². The van der Waals surface area contributed by atoms with Crippen molar-refractivity contribution in [3.8, 4) is 5.75 Å². The monoisotopic (exact) mass is 590 g/mol. The summed E-state index contributed by atoms with van der Waals surface area (Å²) in [5, 5.41) is 51.7. The Bertz CT molecular complexity index is 1130. The van der Waals surface area contributed by atoms with Crippen LogP contribution in [0.2, 0.25) is 0 Å². The van der Waals surface area contributed by atoms with Gasteiger partial charge in [0, 0.05) is 12.5 Å². The van der Waals surface area contributed by atoms with Crippen LogP contribution in [0.3, 0.4) is 0 Å². The zero-order valence-electron chi connectivity index (χ0n) is 26.5. The minimum absolute atomic E-state index is 0.00909. The van der Waals surface area contributed by atoms with Crippen molar-refractivity contribution in [2.75, 3.05) is 6.61 Å². The van der Waals surface area contributed by atoms with Crippen LogP contribution in [0.15, 0.2) is 50.7 Å². The van der Waals surface area contributed by atoms with E-state index in [0.29, 0.717) is 5.92 Å². The van der Waals surface area contributed by atoms with E-state index >= 15 is 0 Å². The summed E-state index contributed by atoms with van der Waals surface area (Å²) in [6, 6.07) is 1.22. The molecule has 0 saturated carbocycles. The average Bonchev–Trinajstić information content (AvgIpc) is 2.91. The predicted molar refractivity (Wildman–Crippen MR) is 165 cm³/mol. The van der Waals surface area contributed by atoms with Gasteiger partial charge < -0.3 is 34.7 Å². The minimum atomic E-state index is -1.48. The number of unbranched alkanes of at least 4 members (excludes halogenated alkanes) is 3. The Kier molecular flexibility index (Phi) is 14.2. The normalized spacial score (nSPS) is 24.6. The van der Waals surface area contributed by atoms with Crippen molar-refractivity contribution >= 4 is 0 Å². The quantitative estimate of drug-likeness (QED) is 0.101. The molecule has 1 fully saturated rings. The van der Waals surface area contributed by atoms with E-state index in [2.05, 4.69) is 39.8 Å². The van der Waals surface area contributed by atoms with Gasteiger partial charge in [-0.25, -0.2) is 4.79 Å². The fraction of sp³-hybridized carbons (Fsp3) is 0.676. The summed E-state index contributed by atoms with van der Waals surface area (Å²) in [5.41, 5.74) is -0.0159. The Morgan fingerprint density at radius 2 is 1.83 bits per heavy atom. The highest BCUT2D eigenvalue weighted by Crippen LogP contribution is 2.37. The van der Waals surface area contributed by atoms with Gasteiger partial charge in [0.15, 0.2) is 0 Å². The molecule has 1 aliphatic heterocycles. The first-order valence-corrected chi connectivity index (χ1v) is 15.4. The van der Waals surface area contributed by atoms with Crippen LogP contribution >= 0.6 is 0 Å². The second-order valence-electron chi connectivity index (χ2n) is 12.8. The topological polar surface area (TPSA) is 141 Å². The predicted octanol–water partition coefficient (Wildman–Crippen LogP) is 5.61. The molecule has 2 rings (SSSR count). The maximum absolute atomic E-state index is 12.9. The van der Waals surface area contributed by atoms with E-state index < -0.39 is 53.9 Å². The Morgan fingerprint density at radius 1 is 1.14 bits per heavy atom. The van der Waals surface area contributed by atoms with Gasteiger partial charge in [-0.1, -0.05) is 88.3 Å². The maximum atomic E-state index is 12.9. The number of hydrogen-bond donors (Lipinski definition) is 5.